The summed E-state index contributed by atoms with van der Waals surface area (Å²) in [6, 6.07) is 0.176. The van der Waals surface area contributed by atoms with Gasteiger partial charge in [0.15, 0.2) is 0 Å². The monoisotopic (exact) mass is 249 g/mol. The number of carbonyl (C=O) groups is 2. The highest BCUT2D eigenvalue weighted by Crippen LogP contribution is 2.21. The number of hydrogen-bond donors (Lipinski definition) is 0. The van der Waals surface area contributed by atoms with Crippen molar-refractivity contribution in [2.24, 2.45) is 7.05 Å². The van der Waals surface area contributed by atoms with Crippen molar-refractivity contribution in [3.05, 3.63) is 17.5 Å². The lowest BCUT2D eigenvalue weighted by Gasteiger charge is -2.30. The van der Waals surface area contributed by atoms with Crippen molar-refractivity contribution in [3.63, 3.8) is 0 Å². The molecule has 0 saturated heterocycles. The average molecular weight is 249 g/mol. The third-order valence-corrected chi connectivity index (χ3v) is 3.62. The molecule has 5 nitrogen and oxygen atoms in total. The van der Waals surface area contributed by atoms with Crippen LogP contribution in [-0.4, -0.2) is 39.5 Å². The fourth-order valence-electron chi connectivity index (χ4n) is 2.48. The molecule has 1 saturated carbocycles. The Morgan fingerprint density at radius 1 is 1.44 bits per heavy atom. The summed E-state index contributed by atoms with van der Waals surface area (Å²) in [5, 5.41) is 4.19. The summed E-state index contributed by atoms with van der Waals surface area (Å²) in [4.78, 5) is 25.3. The van der Waals surface area contributed by atoms with Crippen LogP contribution in [0.3, 0.4) is 0 Å². The Morgan fingerprint density at radius 3 is 2.56 bits per heavy atom. The Hall–Kier alpha value is -1.65. The minimum Gasteiger partial charge on any atom is -0.339 e. The summed E-state index contributed by atoms with van der Waals surface area (Å²) in [5.41, 5.74) is 1.40. The molecule has 2 rings (SSSR count). The average Bonchev–Trinajstić information content (AvgIpc) is 2.67. The molecule has 1 amide bonds. The fraction of sp³-hybridized carbons (Fsp3) is 0.615. The lowest BCUT2D eigenvalue weighted by molar-refractivity contribution is -0.121. The van der Waals surface area contributed by atoms with E-state index in [1.54, 1.807) is 15.8 Å². The Morgan fingerprint density at radius 2 is 2.06 bits per heavy atom. The zero-order valence-electron chi connectivity index (χ0n) is 11.1. The van der Waals surface area contributed by atoms with Crippen LogP contribution in [0.15, 0.2) is 6.20 Å². The lowest BCUT2D eigenvalue weighted by atomic mass is 9.93. The number of carbonyl (C=O) groups excluding carboxylic acids is 2. The van der Waals surface area contributed by atoms with Gasteiger partial charge in [0.25, 0.3) is 5.91 Å². The fourth-order valence-corrected chi connectivity index (χ4v) is 2.48. The first-order valence-corrected chi connectivity index (χ1v) is 6.28. The van der Waals surface area contributed by atoms with Crippen LogP contribution in [0.2, 0.25) is 0 Å². The van der Waals surface area contributed by atoms with Gasteiger partial charge in [-0.05, 0) is 19.8 Å². The Bertz CT molecular complexity index is 469. The largest absolute Gasteiger partial charge is 0.339 e. The van der Waals surface area contributed by atoms with Crippen molar-refractivity contribution in [1.82, 2.24) is 14.7 Å². The molecular formula is C13H19N3O2. The van der Waals surface area contributed by atoms with Crippen LogP contribution in [-0.2, 0) is 11.8 Å². The van der Waals surface area contributed by atoms with Gasteiger partial charge in [0.1, 0.15) is 5.78 Å². The second-order valence-electron chi connectivity index (χ2n) is 4.99. The number of rotatable bonds is 2. The summed E-state index contributed by atoms with van der Waals surface area (Å²) >= 11 is 0. The van der Waals surface area contributed by atoms with Crippen molar-refractivity contribution < 1.29 is 9.59 Å². The van der Waals surface area contributed by atoms with E-state index in [-0.39, 0.29) is 11.9 Å². The maximum atomic E-state index is 12.3. The topological polar surface area (TPSA) is 55.2 Å². The standard InChI is InChI=1S/C13H19N3O2/c1-9-12(8-15(2)14-9)13(18)16(3)10-4-6-11(17)7-5-10/h8,10H,4-7H2,1-3H3. The highest BCUT2D eigenvalue weighted by atomic mass is 16.2. The smallest absolute Gasteiger partial charge is 0.257 e. The van der Waals surface area contributed by atoms with Gasteiger partial charge in [-0.3, -0.25) is 14.3 Å². The molecule has 1 heterocycles. The van der Waals surface area contributed by atoms with Gasteiger partial charge in [0.2, 0.25) is 0 Å². The molecule has 98 valence electrons. The molecule has 1 aromatic heterocycles. The first kappa shape index (κ1) is 12.8. The van der Waals surface area contributed by atoms with Gasteiger partial charge < -0.3 is 4.90 Å². The van der Waals surface area contributed by atoms with E-state index in [2.05, 4.69) is 5.10 Å². The van der Waals surface area contributed by atoms with Gasteiger partial charge >= 0.3 is 0 Å². The molecule has 1 fully saturated rings. The van der Waals surface area contributed by atoms with Crippen molar-refractivity contribution >= 4 is 11.7 Å². The van der Waals surface area contributed by atoms with Crippen LogP contribution in [0.25, 0.3) is 0 Å². The second kappa shape index (κ2) is 4.92. The normalized spacial score (nSPS) is 16.9. The number of nitrogens with zero attached hydrogens (tertiary/aromatic N) is 3. The highest BCUT2D eigenvalue weighted by Gasteiger charge is 2.27. The third-order valence-electron chi connectivity index (χ3n) is 3.62. The Labute approximate surface area is 107 Å². The SMILES string of the molecule is Cc1nn(C)cc1C(=O)N(C)C1CCC(=O)CC1. The number of hydrogen-bond acceptors (Lipinski definition) is 3. The van der Waals surface area contributed by atoms with Gasteiger partial charge in [-0.1, -0.05) is 0 Å². The van der Waals surface area contributed by atoms with Crippen molar-refractivity contribution in [2.45, 2.75) is 38.6 Å². The van der Waals surface area contributed by atoms with E-state index >= 15 is 0 Å². The molecule has 0 aliphatic heterocycles. The Kier molecular flexibility index (Phi) is 3.50. The zero-order chi connectivity index (χ0) is 13.3. The van der Waals surface area contributed by atoms with Crippen LogP contribution in [0.4, 0.5) is 0 Å². The van der Waals surface area contributed by atoms with Gasteiger partial charge in [-0.15, -0.1) is 0 Å². The summed E-state index contributed by atoms with van der Waals surface area (Å²) in [6.45, 7) is 1.84. The number of Topliss-reactive ketones (excluding diaryl/α,β-unsaturated/α-hetero) is 1. The maximum Gasteiger partial charge on any atom is 0.257 e. The van der Waals surface area contributed by atoms with E-state index in [0.717, 1.165) is 18.5 Å². The summed E-state index contributed by atoms with van der Waals surface area (Å²) in [6.07, 6.45) is 4.49. The van der Waals surface area contributed by atoms with Crippen LogP contribution >= 0.6 is 0 Å². The molecule has 0 spiro atoms. The number of ketones is 1. The first-order valence-electron chi connectivity index (χ1n) is 6.28. The van der Waals surface area contributed by atoms with Crippen LogP contribution in [0.1, 0.15) is 41.7 Å². The first-order chi connectivity index (χ1) is 8.49. The number of amides is 1. The minimum absolute atomic E-state index is 0.0000472. The quantitative estimate of drug-likeness (QED) is 0.794. The molecular weight excluding hydrogens is 230 g/mol. The van der Waals surface area contributed by atoms with Crippen molar-refractivity contribution in [1.29, 1.82) is 0 Å². The summed E-state index contributed by atoms with van der Waals surface area (Å²) < 4.78 is 1.65. The summed E-state index contributed by atoms with van der Waals surface area (Å²) in [7, 11) is 3.62. The molecule has 1 aliphatic rings. The maximum absolute atomic E-state index is 12.3. The van der Waals surface area contributed by atoms with Gasteiger partial charge in [0.05, 0.1) is 11.3 Å². The van der Waals surface area contributed by atoms with E-state index in [1.165, 1.54) is 0 Å². The predicted molar refractivity (Wildman–Crippen MR) is 67.3 cm³/mol. The second-order valence-corrected chi connectivity index (χ2v) is 4.99. The number of aryl methyl sites for hydroxylation is 2. The van der Waals surface area contributed by atoms with E-state index in [4.69, 9.17) is 0 Å². The van der Waals surface area contributed by atoms with Gasteiger partial charge in [-0.2, -0.15) is 5.10 Å². The van der Waals surface area contributed by atoms with E-state index in [1.807, 2.05) is 21.0 Å². The molecule has 18 heavy (non-hydrogen) atoms. The molecule has 0 radical (unpaired) electrons. The molecule has 0 N–H and O–H groups in total. The van der Waals surface area contributed by atoms with E-state index < -0.39 is 0 Å². The minimum atomic E-state index is -0.0000472. The summed E-state index contributed by atoms with van der Waals surface area (Å²) in [5.74, 6) is 0.310. The molecule has 1 aromatic rings. The van der Waals surface area contributed by atoms with Crippen LogP contribution in [0.5, 0.6) is 0 Å². The lowest BCUT2D eigenvalue weighted by Crippen LogP contribution is -2.39. The van der Waals surface area contributed by atoms with Crippen molar-refractivity contribution in [3.8, 4) is 0 Å². The van der Waals surface area contributed by atoms with Crippen molar-refractivity contribution in [2.75, 3.05) is 7.05 Å². The van der Waals surface area contributed by atoms with Crippen LogP contribution < -0.4 is 0 Å². The molecule has 0 atom stereocenters. The zero-order valence-corrected chi connectivity index (χ0v) is 11.1. The predicted octanol–water partition coefficient (Wildman–Crippen LogP) is 1.31. The molecule has 0 aromatic carbocycles. The van der Waals surface area contributed by atoms with E-state index in [9.17, 15) is 9.59 Å². The van der Waals surface area contributed by atoms with Crippen LogP contribution in [0, 0.1) is 6.92 Å². The van der Waals surface area contributed by atoms with Gasteiger partial charge in [-0.25, -0.2) is 0 Å². The van der Waals surface area contributed by atoms with Gasteiger partial charge in [0, 0.05) is 39.2 Å². The molecule has 1 aliphatic carbocycles. The molecule has 0 unspecified atom stereocenters. The molecule has 0 bridgehead atoms. The third kappa shape index (κ3) is 2.44. The molecule has 5 heteroatoms. The van der Waals surface area contributed by atoms with E-state index in [0.29, 0.717) is 24.2 Å². The number of aromatic nitrogens is 2. The Balaban J connectivity index is 2.09. The highest BCUT2D eigenvalue weighted by molar-refractivity contribution is 5.95.